The Labute approximate surface area is 142 Å². The number of sulfonamides is 1. The van der Waals surface area contributed by atoms with Crippen LogP contribution >= 0.6 is 0 Å². The number of anilines is 2. The summed E-state index contributed by atoms with van der Waals surface area (Å²) in [6.07, 6.45) is 0. The van der Waals surface area contributed by atoms with Crippen LogP contribution in [0, 0.1) is 0 Å². The fraction of sp³-hybridized carbons (Fsp3) is 0.235. The molecule has 2 aromatic rings. The molecule has 0 saturated heterocycles. The second kappa shape index (κ2) is 7.35. The third kappa shape index (κ3) is 3.86. The quantitative estimate of drug-likeness (QED) is 0.871. The Morgan fingerprint density at radius 2 is 1.75 bits per heavy atom. The molecule has 1 amide bonds. The van der Waals surface area contributed by atoms with Gasteiger partial charge in [0, 0.05) is 12.6 Å². The van der Waals surface area contributed by atoms with E-state index in [0.29, 0.717) is 22.7 Å². The van der Waals surface area contributed by atoms with Gasteiger partial charge in [-0.05, 0) is 43.3 Å². The molecule has 2 aromatic carbocycles. The largest absolute Gasteiger partial charge is 0.495 e. The first-order valence-corrected chi connectivity index (χ1v) is 9.01. The van der Waals surface area contributed by atoms with Gasteiger partial charge in [0.25, 0.3) is 5.91 Å². The van der Waals surface area contributed by atoms with Crippen LogP contribution in [0.3, 0.4) is 0 Å². The van der Waals surface area contributed by atoms with Crippen molar-refractivity contribution < 1.29 is 17.9 Å². The van der Waals surface area contributed by atoms with Gasteiger partial charge in [0.15, 0.2) is 0 Å². The van der Waals surface area contributed by atoms with Crippen molar-refractivity contribution in [1.82, 2.24) is 0 Å². The predicted molar refractivity (Wildman–Crippen MR) is 95.3 cm³/mol. The number of nitrogens with one attached hydrogen (secondary N) is 1. The van der Waals surface area contributed by atoms with Crippen LogP contribution in [0.25, 0.3) is 0 Å². The van der Waals surface area contributed by atoms with Crippen molar-refractivity contribution in [2.45, 2.75) is 6.92 Å². The van der Waals surface area contributed by atoms with Gasteiger partial charge in [-0.3, -0.25) is 9.10 Å². The standard InChI is InChI=1S/C17H20N2O4S/c1-4-24(21,22)19(2)14-11-9-13(10-12-14)17(20)18-15-7-5-6-8-16(15)23-3/h5-12H,4H2,1-3H3,(H,18,20). The lowest BCUT2D eigenvalue weighted by molar-refractivity contribution is 0.102. The summed E-state index contributed by atoms with van der Waals surface area (Å²) in [4.78, 5) is 12.3. The van der Waals surface area contributed by atoms with Crippen LogP contribution in [0.5, 0.6) is 5.75 Å². The van der Waals surface area contributed by atoms with Crippen molar-refractivity contribution in [3.05, 3.63) is 54.1 Å². The van der Waals surface area contributed by atoms with Crippen LogP contribution in [0.2, 0.25) is 0 Å². The molecule has 0 aliphatic carbocycles. The Bertz CT molecular complexity index is 817. The molecule has 0 bridgehead atoms. The number of carbonyl (C=O) groups is 1. The molecule has 0 aliphatic heterocycles. The average Bonchev–Trinajstić information content (AvgIpc) is 2.61. The minimum absolute atomic E-state index is 0.0134. The summed E-state index contributed by atoms with van der Waals surface area (Å²) in [6, 6.07) is 13.5. The fourth-order valence-electron chi connectivity index (χ4n) is 2.12. The van der Waals surface area contributed by atoms with E-state index < -0.39 is 10.0 Å². The van der Waals surface area contributed by atoms with Gasteiger partial charge in [-0.25, -0.2) is 8.42 Å². The zero-order valence-electron chi connectivity index (χ0n) is 13.8. The summed E-state index contributed by atoms with van der Waals surface area (Å²) in [5, 5.41) is 2.77. The number of carbonyl (C=O) groups excluding carboxylic acids is 1. The second-order valence-corrected chi connectivity index (χ2v) is 7.36. The molecule has 0 atom stereocenters. The van der Waals surface area contributed by atoms with Crippen molar-refractivity contribution in [2.75, 3.05) is 29.5 Å². The molecule has 0 aromatic heterocycles. The van der Waals surface area contributed by atoms with Gasteiger partial charge >= 0.3 is 0 Å². The number of methoxy groups -OCH3 is 1. The van der Waals surface area contributed by atoms with Gasteiger partial charge in [-0.2, -0.15) is 0 Å². The molecule has 6 nitrogen and oxygen atoms in total. The molecule has 128 valence electrons. The highest BCUT2D eigenvalue weighted by Gasteiger charge is 2.16. The third-order valence-electron chi connectivity index (χ3n) is 3.63. The van der Waals surface area contributed by atoms with Crippen LogP contribution in [-0.4, -0.2) is 34.2 Å². The number of hydrogen-bond acceptors (Lipinski definition) is 4. The van der Waals surface area contributed by atoms with E-state index in [0.717, 1.165) is 0 Å². The predicted octanol–water partition coefficient (Wildman–Crippen LogP) is 2.73. The fourth-order valence-corrected chi connectivity index (χ4v) is 2.95. The van der Waals surface area contributed by atoms with Gasteiger partial charge < -0.3 is 10.1 Å². The minimum Gasteiger partial charge on any atom is -0.495 e. The van der Waals surface area contributed by atoms with Gasteiger partial charge in [0.1, 0.15) is 5.75 Å². The van der Waals surface area contributed by atoms with Gasteiger partial charge in [-0.1, -0.05) is 12.1 Å². The van der Waals surface area contributed by atoms with E-state index in [1.165, 1.54) is 18.5 Å². The van der Waals surface area contributed by atoms with Crippen LogP contribution in [0.1, 0.15) is 17.3 Å². The summed E-state index contributed by atoms with van der Waals surface area (Å²) in [7, 11) is -0.305. The van der Waals surface area contributed by atoms with Gasteiger partial charge in [-0.15, -0.1) is 0 Å². The Kier molecular flexibility index (Phi) is 5.46. The van der Waals surface area contributed by atoms with E-state index in [2.05, 4.69) is 5.32 Å². The summed E-state index contributed by atoms with van der Waals surface area (Å²) in [6.45, 7) is 1.58. The Morgan fingerprint density at radius 1 is 1.12 bits per heavy atom. The Morgan fingerprint density at radius 3 is 2.33 bits per heavy atom. The number of para-hydroxylation sites is 2. The molecular formula is C17H20N2O4S. The number of rotatable bonds is 6. The molecule has 0 spiro atoms. The van der Waals surface area contributed by atoms with E-state index in [1.807, 2.05) is 6.07 Å². The second-order valence-electron chi connectivity index (χ2n) is 5.07. The number of amides is 1. The topological polar surface area (TPSA) is 75.7 Å². The molecule has 0 radical (unpaired) electrons. The van der Waals surface area contributed by atoms with Crippen molar-refractivity contribution in [2.24, 2.45) is 0 Å². The lowest BCUT2D eigenvalue weighted by atomic mass is 10.2. The summed E-state index contributed by atoms with van der Waals surface area (Å²) >= 11 is 0. The van der Waals surface area contributed by atoms with E-state index in [4.69, 9.17) is 4.74 Å². The lowest BCUT2D eigenvalue weighted by Gasteiger charge is -2.18. The normalized spacial score (nSPS) is 11.0. The van der Waals surface area contributed by atoms with Gasteiger partial charge in [0.2, 0.25) is 10.0 Å². The Hall–Kier alpha value is -2.54. The first-order valence-electron chi connectivity index (χ1n) is 7.40. The summed E-state index contributed by atoms with van der Waals surface area (Å²) < 4.78 is 30.1. The molecule has 7 heteroatoms. The zero-order chi connectivity index (χ0) is 17.7. The first kappa shape index (κ1) is 17.8. The molecule has 0 aliphatic rings. The highest BCUT2D eigenvalue weighted by atomic mass is 32.2. The Balaban J connectivity index is 2.17. The maximum absolute atomic E-state index is 12.3. The molecule has 2 rings (SSSR count). The smallest absolute Gasteiger partial charge is 0.255 e. The van der Waals surface area contributed by atoms with E-state index >= 15 is 0 Å². The maximum atomic E-state index is 12.3. The van der Waals surface area contributed by atoms with Crippen molar-refractivity contribution in [3.63, 3.8) is 0 Å². The highest BCUT2D eigenvalue weighted by Crippen LogP contribution is 2.24. The molecule has 0 unspecified atom stereocenters. The molecular weight excluding hydrogens is 328 g/mol. The zero-order valence-corrected chi connectivity index (χ0v) is 14.6. The molecule has 1 N–H and O–H groups in total. The number of hydrogen-bond donors (Lipinski definition) is 1. The summed E-state index contributed by atoms with van der Waals surface area (Å²) in [5.74, 6) is 0.280. The molecule has 0 saturated carbocycles. The number of ether oxygens (including phenoxy) is 1. The van der Waals surface area contributed by atoms with Crippen molar-refractivity contribution >= 4 is 27.3 Å². The minimum atomic E-state index is -3.33. The van der Waals surface area contributed by atoms with Crippen LogP contribution in [0.15, 0.2) is 48.5 Å². The van der Waals surface area contributed by atoms with E-state index in [1.54, 1.807) is 49.4 Å². The van der Waals surface area contributed by atoms with Crippen LogP contribution in [0.4, 0.5) is 11.4 Å². The van der Waals surface area contributed by atoms with Crippen LogP contribution < -0.4 is 14.4 Å². The number of nitrogens with zero attached hydrogens (tertiary/aromatic N) is 1. The molecule has 24 heavy (non-hydrogen) atoms. The molecule has 0 heterocycles. The monoisotopic (exact) mass is 348 g/mol. The lowest BCUT2D eigenvalue weighted by Crippen LogP contribution is -2.28. The maximum Gasteiger partial charge on any atom is 0.255 e. The summed E-state index contributed by atoms with van der Waals surface area (Å²) in [5.41, 5.74) is 1.50. The third-order valence-corrected chi connectivity index (χ3v) is 5.41. The van der Waals surface area contributed by atoms with Crippen molar-refractivity contribution in [1.29, 1.82) is 0 Å². The average molecular weight is 348 g/mol. The number of benzene rings is 2. The SMILES string of the molecule is CCS(=O)(=O)N(C)c1ccc(C(=O)Nc2ccccc2OC)cc1. The van der Waals surface area contributed by atoms with Gasteiger partial charge in [0.05, 0.1) is 24.2 Å². The van der Waals surface area contributed by atoms with E-state index in [9.17, 15) is 13.2 Å². The van der Waals surface area contributed by atoms with E-state index in [-0.39, 0.29) is 11.7 Å². The first-order chi connectivity index (χ1) is 11.4. The van der Waals surface area contributed by atoms with Crippen LogP contribution in [-0.2, 0) is 10.0 Å². The van der Waals surface area contributed by atoms with Crippen molar-refractivity contribution in [3.8, 4) is 5.75 Å². The molecule has 0 fully saturated rings. The highest BCUT2D eigenvalue weighted by molar-refractivity contribution is 7.92.